The van der Waals surface area contributed by atoms with Gasteiger partial charge >= 0.3 is 0 Å². The molecule has 1 atom stereocenters. The van der Waals surface area contributed by atoms with Gasteiger partial charge in [-0.25, -0.2) is 0 Å². The lowest BCUT2D eigenvalue weighted by molar-refractivity contribution is -0.129. The number of carbonyl (C=O) groups is 2. The second-order valence-corrected chi connectivity index (χ2v) is 9.83. The molecular formula is C28H40N2O3. The van der Waals surface area contributed by atoms with Crippen molar-refractivity contribution in [2.24, 2.45) is 0 Å². The molecule has 33 heavy (non-hydrogen) atoms. The zero-order valence-corrected chi connectivity index (χ0v) is 21.2. The van der Waals surface area contributed by atoms with E-state index < -0.39 is 6.10 Å². The molecule has 2 aromatic carbocycles. The lowest BCUT2D eigenvalue weighted by Crippen LogP contribution is -2.42. The Labute approximate surface area is 199 Å². The molecule has 0 saturated heterocycles. The minimum Gasteiger partial charge on any atom is -0.480 e. The van der Waals surface area contributed by atoms with Gasteiger partial charge in [-0.3, -0.25) is 9.59 Å². The van der Waals surface area contributed by atoms with Gasteiger partial charge in [-0.05, 0) is 53.9 Å². The summed E-state index contributed by atoms with van der Waals surface area (Å²) in [5.41, 5.74) is 3.03. The Balaban J connectivity index is 2.15. The highest BCUT2D eigenvalue weighted by Gasteiger charge is 2.28. The normalized spacial score (nSPS) is 12.7. The third kappa shape index (κ3) is 7.08. The Bertz CT molecular complexity index is 935. The predicted octanol–water partition coefficient (Wildman–Crippen LogP) is 5.97. The molecular weight excluding hydrogens is 412 g/mol. The van der Waals surface area contributed by atoms with Crippen molar-refractivity contribution in [1.29, 1.82) is 0 Å². The maximum Gasteiger partial charge on any atom is 0.261 e. The number of amides is 2. The van der Waals surface area contributed by atoms with Gasteiger partial charge in [0.1, 0.15) is 5.75 Å². The summed E-state index contributed by atoms with van der Waals surface area (Å²) >= 11 is 0. The maximum atomic E-state index is 12.8. The van der Waals surface area contributed by atoms with E-state index in [1.807, 2.05) is 31.2 Å². The predicted molar refractivity (Wildman–Crippen MR) is 136 cm³/mol. The van der Waals surface area contributed by atoms with E-state index in [2.05, 4.69) is 64.3 Å². The monoisotopic (exact) mass is 452 g/mol. The average Bonchev–Trinajstić information content (AvgIpc) is 2.81. The van der Waals surface area contributed by atoms with Crippen LogP contribution < -0.4 is 15.4 Å². The second-order valence-electron chi connectivity index (χ2n) is 9.83. The summed E-state index contributed by atoms with van der Waals surface area (Å²) in [6, 6.07) is 15.5. The molecule has 2 aromatic rings. The van der Waals surface area contributed by atoms with Gasteiger partial charge < -0.3 is 15.4 Å². The summed E-state index contributed by atoms with van der Waals surface area (Å²) in [7, 11) is 0. The summed E-state index contributed by atoms with van der Waals surface area (Å²) < 4.78 is 6.25. The maximum absolute atomic E-state index is 12.8. The van der Waals surface area contributed by atoms with Crippen molar-refractivity contribution in [3.05, 3.63) is 59.7 Å². The van der Waals surface area contributed by atoms with Crippen LogP contribution >= 0.6 is 0 Å². The highest BCUT2D eigenvalue weighted by molar-refractivity contribution is 5.95. The van der Waals surface area contributed by atoms with E-state index in [-0.39, 0.29) is 29.2 Å². The van der Waals surface area contributed by atoms with Gasteiger partial charge in [-0.15, -0.1) is 0 Å². The smallest absolute Gasteiger partial charge is 0.261 e. The minimum atomic E-state index is -0.675. The van der Waals surface area contributed by atoms with Crippen LogP contribution in [0.25, 0.3) is 0 Å². The SMILES string of the molecule is CCC(Oc1ccc(C(C)(C)CC)cc1C(C)(C)CC)C(=O)NCC(=O)Nc1ccccc1. The zero-order valence-electron chi connectivity index (χ0n) is 21.2. The molecule has 0 aromatic heterocycles. The first-order valence-corrected chi connectivity index (χ1v) is 12.0. The summed E-state index contributed by atoms with van der Waals surface area (Å²) in [6.45, 7) is 15.1. The fourth-order valence-electron chi connectivity index (χ4n) is 3.46. The van der Waals surface area contributed by atoms with Crippen LogP contribution in [0.4, 0.5) is 5.69 Å². The second kappa shape index (κ2) is 11.4. The van der Waals surface area contributed by atoms with Crippen molar-refractivity contribution in [2.75, 3.05) is 11.9 Å². The van der Waals surface area contributed by atoms with Gasteiger partial charge in [0.15, 0.2) is 6.10 Å². The van der Waals surface area contributed by atoms with Crippen molar-refractivity contribution in [2.45, 2.75) is 84.7 Å². The van der Waals surface area contributed by atoms with Crippen LogP contribution in [0.15, 0.2) is 48.5 Å². The number of carbonyl (C=O) groups excluding carboxylic acids is 2. The third-order valence-electron chi connectivity index (χ3n) is 6.67. The van der Waals surface area contributed by atoms with E-state index in [1.165, 1.54) is 5.56 Å². The van der Waals surface area contributed by atoms with Crippen LogP contribution in [0, 0.1) is 0 Å². The van der Waals surface area contributed by atoms with Gasteiger partial charge in [-0.1, -0.05) is 78.8 Å². The molecule has 0 heterocycles. The van der Waals surface area contributed by atoms with Crippen molar-refractivity contribution in [3.8, 4) is 5.75 Å². The number of rotatable bonds is 11. The molecule has 0 aliphatic heterocycles. The quantitative estimate of drug-likeness (QED) is 0.441. The van der Waals surface area contributed by atoms with E-state index in [0.717, 1.165) is 24.2 Å². The molecule has 0 bridgehead atoms. The number of hydrogen-bond acceptors (Lipinski definition) is 3. The Kier molecular flexibility index (Phi) is 9.09. The molecule has 2 rings (SSSR count). The Hall–Kier alpha value is -2.82. The van der Waals surface area contributed by atoms with Crippen LogP contribution in [0.3, 0.4) is 0 Å². The standard InChI is InChI=1S/C28H40N2O3/c1-8-23(26(32)29-19-25(31)30-21-14-12-11-13-15-21)33-24-17-16-20(27(4,5)9-2)18-22(24)28(6,7)10-3/h11-18,23H,8-10,19H2,1-7H3,(H,29,32)(H,30,31). The topological polar surface area (TPSA) is 67.4 Å². The third-order valence-corrected chi connectivity index (χ3v) is 6.67. The van der Waals surface area contributed by atoms with Crippen molar-refractivity contribution in [1.82, 2.24) is 5.32 Å². The molecule has 180 valence electrons. The Morgan fingerprint density at radius 3 is 2.12 bits per heavy atom. The number of anilines is 1. The lowest BCUT2D eigenvalue weighted by atomic mass is 9.76. The number of hydrogen-bond donors (Lipinski definition) is 2. The highest BCUT2D eigenvalue weighted by Crippen LogP contribution is 2.39. The Morgan fingerprint density at radius 1 is 0.909 bits per heavy atom. The Morgan fingerprint density at radius 2 is 1.55 bits per heavy atom. The van der Waals surface area contributed by atoms with E-state index in [1.54, 1.807) is 12.1 Å². The van der Waals surface area contributed by atoms with E-state index in [0.29, 0.717) is 12.1 Å². The van der Waals surface area contributed by atoms with Crippen molar-refractivity contribution in [3.63, 3.8) is 0 Å². The van der Waals surface area contributed by atoms with Gasteiger partial charge in [-0.2, -0.15) is 0 Å². The van der Waals surface area contributed by atoms with Crippen LogP contribution in [0.1, 0.15) is 78.9 Å². The van der Waals surface area contributed by atoms with Crippen LogP contribution in [-0.4, -0.2) is 24.5 Å². The van der Waals surface area contributed by atoms with Gasteiger partial charge in [0.2, 0.25) is 5.91 Å². The average molecular weight is 453 g/mol. The first-order chi connectivity index (χ1) is 15.5. The molecule has 2 amide bonds. The first-order valence-electron chi connectivity index (χ1n) is 12.0. The van der Waals surface area contributed by atoms with Crippen LogP contribution in [-0.2, 0) is 20.4 Å². The molecule has 5 heteroatoms. The highest BCUT2D eigenvalue weighted by atomic mass is 16.5. The summed E-state index contributed by atoms with van der Waals surface area (Å²) in [4.78, 5) is 25.0. The molecule has 1 unspecified atom stereocenters. The van der Waals surface area contributed by atoms with E-state index in [9.17, 15) is 9.59 Å². The summed E-state index contributed by atoms with van der Waals surface area (Å²) in [5.74, 6) is 0.163. The zero-order chi connectivity index (χ0) is 24.6. The number of benzene rings is 2. The van der Waals surface area contributed by atoms with Crippen LogP contribution in [0.2, 0.25) is 0 Å². The largest absolute Gasteiger partial charge is 0.480 e. The molecule has 0 aliphatic carbocycles. The first kappa shape index (κ1) is 26.4. The fourth-order valence-corrected chi connectivity index (χ4v) is 3.46. The molecule has 0 aliphatic rings. The number of ether oxygens (including phenoxy) is 1. The van der Waals surface area contributed by atoms with E-state index >= 15 is 0 Å². The van der Waals surface area contributed by atoms with E-state index in [4.69, 9.17) is 4.74 Å². The lowest BCUT2D eigenvalue weighted by Gasteiger charge is -2.31. The van der Waals surface area contributed by atoms with Crippen molar-refractivity contribution >= 4 is 17.5 Å². The molecule has 0 radical (unpaired) electrons. The molecule has 0 saturated carbocycles. The molecule has 0 fully saturated rings. The van der Waals surface area contributed by atoms with Gasteiger partial charge in [0, 0.05) is 11.3 Å². The number of nitrogens with one attached hydrogen (secondary N) is 2. The summed E-state index contributed by atoms with van der Waals surface area (Å²) in [5, 5.41) is 5.49. The molecule has 5 nitrogen and oxygen atoms in total. The van der Waals surface area contributed by atoms with Crippen LogP contribution in [0.5, 0.6) is 5.75 Å². The minimum absolute atomic E-state index is 0.0603. The summed E-state index contributed by atoms with van der Waals surface area (Å²) in [6.07, 6.45) is 1.80. The molecule has 2 N–H and O–H groups in total. The molecule has 0 spiro atoms. The number of para-hydroxylation sites is 1. The van der Waals surface area contributed by atoms with Gasteiger partial charge in [0.05, 0.1) is 6.54 Å². The van der Waals surface area contributed by atoms with Gasteiger partial charge in [0.25, 0.3) is 5.91 Å². The van der Waals surface area contributed by atoms with Crippen molar-refractivity contribution < 1.29 is 14.3 Å². The fraction of sp³-hybridized carbons (Fsp3) is 0.500.